The maximum Gasteiger partial charge on any atom is 0.166 e. The molecule has 0 aliphatic heterocycles. The molecule has 0 radical (unpaired) electrons. The number of aromatic nitrogens is 2. The van der Waals surface area contributed by atoms with E-state index in [-0.39, 0.29) is 0 Å². The van der Waals surface area contributed by atoms with E-state index in [9.17, 15) is 0 Å². The van der Waals surface area contributed by atoms with E-state index < -0.39 is 0 Å². The lowest BCUT2D eigenvalue weighted by Crippen LogP contribution is -1.97. The lowest BCUT2D eigenvalue weighted by molar-refractivity contribution is 0.535. The third-order valence-electron chi connectivity index (χ3n) is 2.51. The zero-order valence-corrected chi connectivity index (χ0v) is 11.1. The summed E-state index contributed by atoms with van der Waals surface area (Å²) in [5.74, 6) is 1.26. The lowest BCUT2D eigenvalue weighted by atomic mass is 10.2. The fraction of sp³-hybridized carbons (Fsp3) is 0.333. The van der Waals surface area contributed by atoms with Crippen molar-refractivity contribution >= 4 is 23.2 Å². The van der Waals surface area contributed by atoms with Crippen LogP contribution in [-0.4, -0.2) is 9.97 Å². The summed E-state index contributed by atoms with van der Waals surface area (Å²) in [6.07, 6.45) is 3.32. The number of furan rings is 1. The van der Waals surface area contributed by atoms with Gasteiger partial charge in [-0.05, 0) is 19.4 Å². The highest BCUT2D eigenvalue weighted by Gasteiger charge is 2.14. The van der Waals surface area contributed by atoms with Crippen molar-refractivity contribution in [3.63, 3.8) is 0 Å². The van der Waals surface area contributed by atoms with Gasteiger partial charge in [0.1, 0.15) is 16.1 Å². The van der Waals surface area contributed by atoms with E-state index in [0.717, 1.165) is 29.7 Å². The number of halogens is 2. The Kier molecular flexibility index (Phi) is 3.69. The minimum absolute atomic E-state index is 0.419. The molecule has 2 heterocycles. The molecule has 0 unspecified atom stereocenters. The van der Waals surface area contributed by atoms with Gasteiger partial charge in [0.2, 0.25) is 0 Å². The first kappa shape index (κ1) is 12.4. The van der Waals surface area contributed by atoms with Crippen molar-refractivity contribution in [2.45, 2.75) is 26.7 Å². The Morgan fingerprint density at radius 3 is 2.35 bits per heavy atom. The molecule has 0 aromatic carbocycles. The largest absolute Gasteiger partial charge is 0.469 e. The highest BCUT2D eigenvalue weighted by atomic mass is 35.5. The lowest BCUT2D eigenvalue weighted by Gasteiger charge is -2.06. The zero-order valence-electron chi connectivity index (χ0n) is 9.63. The van der Waals surface area contributed by atoms with E-state index in [1.807, 2.05) is 6.92 Å². The Morgan fingerprint density at radius 2 is 1.88 bits per heavy atom. The van der Waals surface area contributed by atoms with Crippen LogP contribution in [-0.2, 0) is 6.42 Å². The van der Waals surface area contributed by atoms with Gasteiger partial charge in [0.25, 0.3) is 0 Å². The normalized spacial score (nSPS) is 10.8. The Bertz CT molecular complexity index is 514. The number of aryl methyl sites for hydroxylation is 1. The predicted octanol–water partition coefficient (Wildman–Crippen LogP) is 4.30. The third-order valence-corrected chi connectivity index (χ3v) is 3.13. The van der Waals surface area contributed by atoms with Gasteiger partial charge in [-0.15, -0.1) is 0 Å². The summed E-state index contributed by atoms with van der Waals surface area (Å²) >= 11 is 12.2. The smallest absolute Gasteiger partial charge is 0.166 e. The highest BCUT2D eigenvalue weighted by molar-refractivity contribution is 6.34. The molecule has 0 spiro atoms. The van der Waals surface area contributed by atoms with Crippen LogP contribution in [0.2, 0.25) is 10.3 Å². The molecule has 5 heteroatoms. The quantitative estimate of drug-likeness (QED) is 0.781. The second-order valence-corrected chi connectivity index (χ2v) is 4.46. The van der Waals surface area contributed by atoms with Crippen LogP contribution >= 0.6 is 23.2 Å². The second kappa shape index (κ2) is 5.07. The van der Waals surface area contributed by atoms with E-state index in [1.54, 1.807) is 12.3 Å². The number of nitrogens with zero attached hydrogens (tertiary/aromatic N) is 2. The minimum Gasteiger partial charge on any atom is -0.469 e. The van der Waals surface area contributed by atoms with Crippen molar-refractivity contribution in [3.8, 4) is 11.4 Å². The van der Waals surface area contributed by atoms with Crippen molar-refractivity contribution in [2.24, 2.45) is 0 Å². The standard InChI is InChI=1S/C12H12Cl2N2O/c1-3-4-9-10(13)15-12(16-11(9)14)8-5-6-17-7(8)2/h5-6H,3-4H2,1-2H3. The monoisotopic (exact) mass is 270 g/mol. The summed E-state index contributed by atoms with van der Waals surface area (Å²) in [5.41, 5.74) is 1.62. The van der Waals surface area contributed by atoms with Crippen LogP contribution in [0.25, 0.3) is 11.4 Å². The van der Waals surface area contributed by atoms with Crippen LogP contribution < -0.4 is 0 Å². The highest BCUT2D eigenvalue weighted by Crippen LogP contribution is 2.28. The van der Waals surface area contributed by atoms with Gasteiger partial charge in [0, 0.05) is 5.56 Å². The van der Waals surface area contributed by atoms with E-state index in [4.69, 9.17) is 27.6 Å². The van der Waals surface area contributed by atoms with Crippen LogP contribution in [0.1, 0.15) is 24.7 Å². The molecule has 3 nitrogen and oxygen atoms in total. The molecule has 2 aromatic heterocycles. The first-order valence-corrected chi connectivity index (χ1v) is 6.15. The van der Waals surface area contributed by atoms with Gasteiger partial charge in [0.15, 0.2) is 5.82 Å². The van der Waals surface area contributed by atoms with Gasteiger partial charge < -0.3 is 4.42 Å². The maximum atomic E-state index is 6.12. The molecule has 0 aliphatic carbocycles. The summed E-state index contributed by atoms with van der Waals surface area (Å²) < 4.78 is 5.21. The number of rotatable bonds is 3. The van der Waals surface area contributed by atoms with E-state index in [2.05, 4.69) is 16.9 Å². The van der Waals surface area contributed by atoms with Crippen molar-refractivity contribution < 1.29 is 4.42 Å². The molecular formula is C12H12Cl2N2O. The summed E-state index contributed by atoms with van der Waals surface area (Å²) in [7, 11) is 0. The molecule has 17 heavy (non-hydrogen) atoms. The average molecular weight is 271 g/mol. The zero-order chi connectivity index (χ0) is 12.4. The minimum atomic E-state index is 0.419. The number of hydrogen-bond donors (Lipinski definition) is 0. The summed E-state index contributed by atoms with van der Waals surface area (Å²) in [6.45, 7) is 3.90. The fourth-order valence-corrected chi connectivity index (χ4v) is 2.20. The van der Waals surface area contributed by atoms with E-state index in [0.29, 0.717) is 16.1 Å². The van der Waals surface area contributed by atoms with Crippen molar-refractivity contribution in [2.75, 3.05) is 0 Å². The van der Waals surface area contributed by atoms with Crippen LogP contribution in [0.15, 0.2) is 16.7 Å². The van der Waals surface area contributed by atoms with E-state index >= 15 is 0 Å². The number of hydrogen-bond acceptors (Lipinski definition) is 3. The molecule has 2 aromatic rings. The predicted molar refractivity (Wildman–Crippen MR) is 68.5 cm³/mol. The average Bonchev–Trinajstić information content (AvgIpc) is 2.69. The van der Waals surface area contributed by atoms with Gasteiger partial charge in [-0.1, -0.05) is 36.5 Å². The summed E-state index contributed by atoms with van der Waals surface area (Å²) in [6, 6.07) is 1.80. The molecular weight excluding hydrogens is 259 g/mol. The third kappa shape index (κ3) is 2.45. The molecule has 0 aliphatic rings. The molecule has 0 N–H and O–H groups in total. The Morgan fingerprint density at radius 1 is 1.24 bits per heavy atom. The van der Waals surface area contributed by atoms with Crippen LogP contribution in [0.5, 0.6) is 0 Å². The van der Waals surface area contributed by atoms with Crippen molar-refractivity contribution in [1.82, 2.24) is 9.97 Å². The van der Waals surface area contributed by atoms with Crippen molar-refractivity contribution in [1.29, 1.82) is 0 Å². The van der Waals surface area contributed by atoms with Crippen LogP contribution in [0.4, 0.5) is 0 Å². The molecule has 0 saturated heterocycles. The van der Waals surface area contributed by atoms with E-state index in [1.165, 1.54) is 0 Å². The molecule has 90 valence electrons. The molecule has 0 saturated carbocycles. The van der Waals surface area contributed by atoms with Gasteiger partial charge in [-0.2, -0.15) is 0 Å². The van der Waals surface area contributed by atoms with Gasteiger partial charge in [0.05, 0.1) is 11.8 Å². The maximum absolute atomic E-state index is 6.12. The summed E-state index contributed by atoms with van der Waals surface area (Å²) in [4.78, 5) is 8.53. The Labute approximate surface area is 110 Å². The van der Waals surface area contributed by atoms with Gasteiger partial charge >= 0.3 is 0 Å². The molecule has 2 rings (SSSR count). The molecule has 0 fully saturated rings. The van der Waals surface area contributed by atoms with Gasteiger partial charge in [-0.3, -0.25) is 0 Å². The first-order chi connectivity index (χ1) is 8.13. The Hall–Kier alpha value is -1.06. The Balaban J connectivity index is 2.49. The van der Waals surface area contributed by atoms with Crippen LogP contribution in [0.3, 0.4) is 0 Å². The molecule has 0 amide bonds. The van der Waals surface area contributed by atoms with Crippen molar-refractivity contribution in [3.05, 3.63) is 34.0 Å². The molecule has 0 atom stereocenters. The topological polar surface area (TPSA) is 38.9 Å². The van der Waals surface area contributed by atoms with Crippen LogP contribution in [0, 0.1) is 6.92 Å². The fourth-order valence-electron chi connectivity index (χ4n) is 1.62. The second-order valence-electron chi connectivity index (χ2n) is 3.75. The first-order valence-electron chi connectivity index (χ1n) is 5.39. The van der Waals surface area contributed by atoms with Gasteiger partial charge in [-0.25, -0.2) is 9.97 Å². The SMILES string of the molecule is CCCc1c(Cl)nc(-c2ccoc2C)nc1Cl. The molecule has 0 bridgehead atoms. The summed E-state index contributed by atoms with van der Waals surface area (Å²) in [5, 5.41) is 0.838.